The van der Waals surface area contributed by atoms with Gasteiger partial charge in [-0.2, -0.15) is 0 Å². The minimum atomic E-state index is -1.44. The molecule has 8 heteroatoms. The van der Waals surface area contributed by atoms with Gasteiger partial charge in [0.1, 0.15) is 6.04 Å². The number of ether oxygens (including phenoxy) is 1. The molecule has 0 aliphatic rings. The lowest BCUT2D eigenvalue weighted by Crippen LogP contribution is -2.43. The summed E-state index contributed by atoms with van der Waals surface area (Å²) >= 11 is 0. The van der Waals surface area contributed by atoms with Crippen molar-refractivity contribution in [2.45, 2.75) is 26.3 Å². The van der Waals surface area contributed by atoms with Gasteiger partial charge in [-0.25, -0.2) is 13.6 Å². The van der Waals surface area contributed by atoms with E-state index in [9.17, 15) is 23.2 Å². The molecular weight excluding hydrogens is 312 g/mol. The second-order valence-electron chi connectivity index (χ2n) is 4.85. The molecule has 0 aromatic heterocycles. The zero-order chi connectivity index (χ0) is 17.6. The van der Waals surface area contributed by atoms with Gasteiger partial charge < -0.3 is 15.2 Å². The molecule has 0 spiro atoms. The molecule has 1 rings (SSSR count). The Hall–Kier alpha value is -2.51. The maximum atomic E-state index is 13.5. The average Bonchev–Trinajstić information content (AvgIpc) is 2.49. The summed E-state index contributed by atoms with van der Waals surface area (Å²) in [5.74, 6) is -6.45. The van der Waals surface area contributed by atoms with Crippen molar-refractivity contribution in [2.75, 3.05) is 6.61 Å². The van der Waals surface area contributed by atoms with Crippen molar-refractivity contribution in [3.05, 3.63) is 35.4 Å². The van der Waals surface area contributed by atoms with Crippen LogP contribution in [-0.2, 0) is 14.3 Å². The molecule has 6 nitrogen and oxygen atoms in total. The first kappa shape index (κ1) is 18.5. The lowest BCUT2D eigenvalue weighted by Gasteiger charge is -2.18. The number of benzene rings is 1. The Kier molecular flexibility index (Phi) is 6.62. The van der Waals surface area contributed by atoms with E-state index in [4.69, 9.17) is 9.84 Å². The van der Waals surface area contributed by atoms with Gasteiger partial charge in [0.2, 0.25) is 0 Å². The smallest absolute Gasteiger partial charge is 0.326 e. The zero-order valence-electron chi connectivity index (χ0n) is 12.6. The molecule has 0 aliphatic carbocycles. The Labute approximate surface area is 131 Å². The van der Waals surface area contributed by atoms with Gasteiger partial charge in [0.25, 0.3) is 5.91 Å². The van der Waals surface area contributed by atoms with E-state index >= 15 is 0 Å². The van der Waals surface area contributed by atoms with Crippen molar-refractivity contribution in [3.63, 3.8) is 0 Å². The molecule has 0 fully saturated rings. The van der Waals surface area contributed by atoms with Gasteiger partial charge in [0.05, 0.1) is 18.1 Å². The van der Waals surface area contributed by atoms with E-state index in [0.29, 0.717) is 0 Å². The van der Waals surface area contributed by atoms with Crippen LogP contribution in [0.2, 0.25) is 0 Å². The molecule has 0 radical (unpaired) electrons. The van der Waals surface area contributed by atoms with E-state index in [2.05, 4.69) is 5.32 Å². The van der Waals surface area contributed by atoms with Gasteiger partial charge in [-0.05, 0) is 25.5 Å². The minimum absolute atomic E-state index is 0.141. The molecule has 0 saturated heterocycles. The molecule has 0 saturated carbocycles. The maximum Gasteiger partial charge on any atom is 0.326 e. The summed E-state index contributed by atoms with van der Waals surface area (Å²) in [5.41, 5.74) is -0.611. The summed E-state index contributed by atoms with van der Waals surface area (Å²) in [6.07, 6.45) is -0.239. The van der Waals surface area contributed by atoms with Crippen molar-refractivity contribution < 1.29 is 33.0 Å². The van der Waals surface area contributed by atoms with E-state index in [0.717, 1.165) is 18.2 Å². The second-order valence-corrected chi connectivity index (χ2v) is 4.85. The van der Waals surface area contributed by atoms with Crippen LogP contribution in [0.1, 0.15) is 30.6 Å². The second kappa shape index (κ2) is 8.21. The van der Waals surface area contributed by atoms with Crippen LogP contribution in [0.5, 0.6) is 0 Å². The summed E-state index contributed by atoms with van der Waals surface area (Å²) in [6, 6.07) is 1.56. The summed E-state index contributed by atoms with van der Waals surface area (Å²) in [4.78, 5) is 34.6. The molecular formula is C15H17F2NO5. The Morgan fingerprint density at radius 2 is 1.96 bits per heavy atom. The number of esters is 1. The predicted octanol–water partition coefficient (Wildman–Crippen LogP) is 1.74. The number of hydrogen-bond donors (Lipinski definition) is 2. The van der Waals surface area contributed by atoms with Crippen LogP contribution >= 0.6 is 0 Å². The highest BCUT2D eigenvalue weighted by molar-refractivity contribution is 5.96. The summed E-state index contributed by atoms with van der Waals surface area (Å²) < 4.78 is 31.4. The molecule has 126 valence electrons. The number of carbonyl (C=O) groups is 3. The third kappa shape index (κ3) is 5.01. The molecule has 0 bridgehead atoms. The number of carboxylic acids is 1. The standard InChI is InChI=1S/C15H17F2NO5/c1-3-23-15(22)8(2)7-11(14(20)21)18-13(19)9-5-4-6-10(16)12(9)17/h4-6,8,11H,3,7H2,1-2H3,(H,18,19)(H,20,21)/t8-,11+/m0/s1. The summed E-state index contributed by atoms with van der Waals surface area (Å²) in [7, 11) is 0. The number of amides is 1. The Morgan fingerprint density at radius 1 is 1.30 bits per heavy atom. The van der Waals surface area contributed by atoms with Gasteiger partial charge in [0, 0.05) is 0 Å². The van der Waals surface area contributed by atoms with Gasteiger partial charge >= 0.3 is 11.9 Å². The molecule has 0 heterocycles. The highest BCUT2D eigenvalue weighted by atomic mass is 19.2. The molecule has 1 aromatic carbocycles. The molecule has 2 atom stereocenters. The quantitative estimate of drug-likeness (QED) is 0.743. The normalized spacial score (nSPS) is 13.0. The van der Waals surface area contributed by atoms with E-state index < -0.39 is 47.0 Å². The van der Waals surface area contributed by atoms with E-state index in [1.807, 2.05) is 0 Å². The first-order valence-corrected chi connectivity index (χ1v) is 6.92. The molecule has 1 amide bonds. The lowest BCUT2D eigenvalue weighted by atomic mass is 10.0. The van der Waals surface area contributed by atoms with Crippen LogP contribution < -0.4 is 5.32 Å². The number of nitrogens with one attached hydrogen (secondary N) is 1. The topological polar surface area (TPSA) is 92.7 Å². The number of rotatable bonds is 7. The molecule has 0 aliphatic heterocycles. The van der Waals surface area contributed by atoms with Gasteiger partial charge in [-0.1, -0.05) is 13.0 Å². The minimum Gasteiger partial charge on any atom is -0.480 e. The van der Waals surface area contributed by atoms with Crippen molar-refractivity contribution in [3.8, 4) is 0 Å². The molecule has 1 aromatic rings. The third-order valence-electron chi connectivity index (χ3n) is 3.08. The van der Waals surface area contributed by atoms with Crippen molar-refractivity contribution in [2.24, 2.45) is 5.92 Å². The van der Waals surface area contributed by atoms with Crippen LogP contribution in [0.25, 0.3) is 0 Å². The van der Waals surface area contributed by atoms with Gasteiger partial charge in [0.15, 0.2) is 11.6 Å². The van der Waals surface area contributed by atoms with Crippen molar-refractivity contribution >= 4 is 17.8 Å². The third-order valence-corrected chi connectivity index (χ3v) is 3.08. The Morgan fingerprint density at radius 3 is 2.52 bits per heavy atom. The zero-order valence-corrected chi connectivity index (χ0v) is 12.6. The summed E-state index contributed by atoms with van der Waals surface area (Å²) in [5, 5.41) is 11.2. The Balaban J connectivity index is 2.84. The van der Waals surface area contributed by atoms with Crippen LogP contribution in [0.15, 0.2) is 18.2 Å². The molecule has 2 N–H and O–H groups in total. The van der Waals surface area contributed by atoms with Gasteiger partial charge in [-0.15, -0.1) is 0 Å². The van der Waals surface area contributed by atoms with Gasteiger partial charge in [-0.3, -0.25) is 9.59 Å². The van der Waals surface area contributed by atoms with Crippen LogP contribution in [0, 0.1) is 17.6 Å². The highest BCUT2D eigenvalue weighted by Crippen LogP contribution is 2.13. The first-order valence-electron chi connectivity index (χ1n) is 6.92. The highest BCUT2D eigenvalue weighted by Gasteiger charge is 2.28. The molecule has 0 unspecified atom stereocenters. The largest absolute Gasteiger partial charge is 0.480 e. The first-order chi connectivity index (χ1) is 10.8. The van der Waals surface area contributed by atoms with Crippen LogP contribution in [-0.4, -0.2) is 35.6 Å². The van der Waals surface area contributed by atoms with Crippen molar-refractivity contribution in [1.82, 2.24) is 5.32 Å². The van der Waals surface area contributed by atoms with E-state index in [1.165, 1.54) is 6.92 Å². The fraction of sp³-hybridized carbons (Fsp3) is 0.400. The number of hydrogen-bond acceptors (Lipinski definition) is 4. The number of carboxylic acid groups (broad SMARTS) is 1. The molecule has 23 heavy (non-hydrogen) atoms. The summed E-state index contributed by atoms with van der Waals surface area (Å²) in [6.45, 7) is 3.19. The van der Waals surface area contributed by atoms with Crippen LogP contribution in [0.3, 0.4) is 0 Å². The SMILES string of the molecule is CCOC(=O)[C@@H](C)C[C@@H](NC(=O)c1cccc(F)c1F)C(=O)O. The predicted molar refractivity (Wildman–Crippen MR) is 75.7 cm³/mol. The number of halogens is 2. The van der Waals surface area contributed by atoms with E-state index in [1.54, 1.807) is 6.92 Å². The number of carbonyl (C=O) groups excluding carboxylic acids is 2. The van der Waals surface area contributed by atoms with Crippen molar-refractivity contribution in [1.29, 1.82) is 0 Å². The average molecular weight is 329 g/mol. The fourth-order valence-corrected chi connectivity index (χ4v) is 1.87. The van der Waals surface area contributed by atoms with Crippen LogP contribution in [0.4, 0.5) is 8.78 Å². The monoisotopic (exact) mass is 329 g/mol. The van der Waals surface area contributed by atoms with E-state index in [-0.39, 0.29) is 13.0 Å². The fourth-order valence-electron chi connectivity index (χ4n) is 1.87. The Bertz CT molecular complexity index is 606. The lowest BCUT2D eigenvalue weighted by molar-refractivity contribution is -0.148. The maximum absolute atomic E-state index is 13.5. The number of aliphatic carboxylic acids is 1.